The van der Waals surface area contributed by atoms with Crippen molar-refractivity contribution in [1.29, 1.82) is 0 Å². The number of amides is 1. The second-order valence-corrected chi connectivity index (χ2v) is 4.67. The first-order valence-electron chi connectivity index (χ1n) is 6.70. The van der Waals surface area contributed by atoms with Crippen LogP contribution in [0, 0.1) is 0 Å². The van der Waals surface area contributed by atoms with Crippen LogP contribution in [0.4, 0.5) is 5.82 Å². The lowest BCUT2D eigenvalue weighted by Crippen LogP contribution is -2.59. The quantitative estimate of drug-likeness (QED) is 0.614. The van der Waals surface area contributed by atoms with E-state index in [1.807, 2.05) is 12.1 Å². The Labute approximate surface area is 113 Å². The number of aromatic nitrogens is 1. The zero-order valence-electron chi connectivity index (χ0n) is 11.2. The van der Waals surface area contributed by atoms with Crippen LogP contribution >= 0.6 is 0 Å². The molecule has 19 heavy (non-hydrogen) atoms. The monoisotopic (exact) mass is 263 g/mol. The zero-order valence-corrected chi connectivity index (χ0v) is 11.2. The normalized spacial score (nSPS) is 15.1. The van der Waals surface area contributed by atoms with Gasteiger partial charge in [-0.25, -0.2) is 4.98 Å². The Kier molecular flexibility index (Phi) is 5.11. The predicted octanol–water partition coefficient (Wildman–Crippen LogP) is 0.209. The standard InChI is InChI=1S/C13H21N5O/c1-2-7-18(11-8-14-9-11)10-13(19)17-16-12-5-3-4-6-15-12/h3-6,11,14H,2,7-10H2,1H3,(H,15,16)(H,17,19). The van der Waals surface area contributed by atoms with Crippen LogP contribution in [0.5, 0.6) is 0 Å². The van der Waals surface area contributed by atoms with E-state index in [0.29, 0.717) is 18.4 Å². The second-order valence-electron chi connectivity index (χ2n) is 4.67. The van der Waals surface area contributed by atoms with Gasteiger partial charge in [0.25, 0.3) is 5.91 Å². The molecule has 3 N–H and O–H groups in total. The molecule has 1 aliphatic rings. The van der Waals surface area contributed by atoms with Crippen molar-refractivity contribution < 1.29 is 4.79 Å². The third-order valence-corrected chi connectivity index (χ3v) is 3.13. The first-order valence-corrected chi connectivity index (χ1v) is 6.70. The lowest BCUT2D eigenvalue weighted by molar-refractivity contribution is -0.122. The second kappa shape index (κ2) is 7.06. The van der Waals surface area contributed by atoms with Gasteiger partial charge in [-0.15, -0.1) is 0 Å². The van der Waals surface area contributed by atoms with Crippen molar-refractivity contribution in [1.82, 2.24) is 20.6 Å². The number of nitrogens with one attached hydrogen (secondary N) is 3. The molecule has 6 heteroatoms. The third kappa shape index (κ3) is 4.18. The summed E-state index contributed by atoms with van der Waals surface area (Å²) in [5, 5.41) is 3.23. The molecule has 1 aromatic rings. The van der Waals surface area contributed by atoms with Crippen molar-refractivity contribution >= 4 is 11.7 Å². The maximum atomic E-state index is 11.9. The molecular formula is C13H21N5O. The highest BCUT2D eigenvalue weighted by atomic mass is 16.2. The molecule has 0 aromatic carbocycles. The number of anilines is 1. The van der Waals surface area contributed by atoms with Gasteiger partial charge in [0.1, 0.15) is 5.82 Å². The number of hydrogen-bond donors (Lipinski definition) is 3. The van der Waals surface area contributed by atoms with Crippen LogP contribution in [0.1, 0.15) is 13.3 Å². The van der Waals surface area contributed by atoms with E-state index in [9.17, 15) is 4.79 Å². The highest BCUT2D eigenvalue weighted by Crippen LogP contribution is 2.05. The molecule has 1 aliphatic heterocycles. The minimum Gasteiger partial charge on any atom is -0.314 e. The molecular weight excluding hydrogens is 242 g/mol. The number of carbonyl (C=O) groups is 1. The number of rotatable bonds is 7. The fourth-order valence-electron chi connectivity index (χ4n) is 2.00. The molecule has 6 nitrogen and oxygen atoms in total. The van der Waals surface area contributed by atoms with E-state index in [-0.39, 0.29) is 5.91 Å². The van der Waals surface area contributed by atoms with Gasteiger partial charge in [-0.1, -0.05) is 13.0 Å². The molecule has 2 rings (SSSR count). The molecule has 0 spiro atoms. The fourth-order valence-corrected chi connectivity index (χ4v) is 2.00. The van der Waals surface area contributed by atoms with Crippen molar-refractivity contribution in [2.24, 2.45) is 0 Å². The van der Waals surface area contributed by atoms with Crippen molar-refractivity contribution in [3.8, 4) is 0 Å². The SMILES string of the molecule is CCCN(CC(=O)NNc1ccccn1)C1CNC1. The Morgan fingerprint density at radius 2 is 2.37 bits per heavy atom. The maximum Gasteiger partial charge on any atom is 0.252 e. The van der Waals surface area contributed by atoms with Gasteiger partial charge in [0.15, 0.2) is 0 Å². The van der Waals surface area contributed by atoms with Crippen LogP contribution in [0.2, 0.25) is 0 Å². The largest absolute Gasteiger partial charge is 0.314 e. The van der Waals surface area contributed by atoms with Crippen molar-refractivity contribution in [2.75, 3.05) is 31.6 Å². The Hall–Kier alpha value is -1.66. The molecule has 1 amide bonds. The average molecular weight is 263 g/mol. The van der Waals surface area contributed by atoms with Gasteiger partial charge in [-0.2, -0.15) is 0 Å². The van der Waals surface area contributed by atoms with Crippen LogP contribution in [-0.4, -0.2) is 48.0 Å². The van der Waals surface area contributed by atoms with E-state index in [1.165, 1.54) is 0 Å². The summed E-state index contributed by atoms with van der Waals surface area (Å²) in [6.07, 6.45) is 2.73. The van der Waals surface area contributed by atoms with Crippen LogP contribution in [0.15, 0.2) is 24.4 Å². The fraction of sp³-hybridized carbons (Fsp3) is 0.538. The van der Waals surface area contributed by atoms with Crippen molar-refractivity contribution in [2.45, 2.75) is 19.4 Å². The summed E-state index contributed by atoms with van der Waals surface area (Å²) in [7, 11) is 0. The number of nitrogens with zero attached hydrogens (tertiary/aromatic N) is 2. The van der Waals surface area contributed by atoms with Gasteiger partial charge in [0.2, 0.25) is 0 Å². The first-order chi connectivity index (χ1) is 9.29. The van der Waals surface area contributed by atoms with Gasteiger partial charge in [-0.3, -0.25) is 20.5 Å². The smallest absolute Gasteiger partial charge is 0.252 e. The van der Waals surface area contributed by atoms with Gasteiger partial charge in [0, 0.05) is 25.3 Å². The summed E-state index contributed by atoms with van der Waals surface area (Å²) in [4.78, 5) is 18.2. The Balaban J connectivity index is 1.75. The Morgan fingerprint density at radius 1 is 1.53 bits per heavy atom. The van der Waals surface area contributed by atoms with Gasteiger partial charge < -0.3 is 5.32 Å². The lowest BCUT2D eigenvalue weighted by atomic mass is 10.1. The van der Waals surface area contributed by atoms with Crippen LogP contribution in [0.3, 0.4) is 0 Å². The average Bonchev–Trinajstić information content (AvgIpc) is 2.36. The number of carbonyl (C=O) groups excluding carboxylic acids is 1. The summed E-state index contributed by atoms with van der Waals surface area (Å²) in [5.41, 5.74) is 5.49. The van der Waals surface area contributed by atoms with Gasteiger partial charge in [-0.05, 0) is 25.1 Å². The molecule has 1 fully saturated rings. The summed E-state index contributed by atoms with van der Waals surface area (Å²) >= 11 is 0. The highest BCUT2D eigenvalue weighted by Gasteiger charge is 2.25. The number of hydrogen-bond acceptors (Lipinski definition) is 5. The first kappa shape index (κ1) is 13.8. The van der Waals surface area contributed by atoms with Gasteiger partial charge in [0.05, 0.1) is 6.54 Å². The van der Waals surface area contributed by atoms with Crippen LogP contribution in [-0.2, 0) is 4.79 Å². The summed E-state index contributed by atoms with van der Waals surface area (Å²) < 4.78 is 0. The maximum absolute atomic E-state index is 11.9. The summed E-state index contributed by atoms with van der Waals surface area (Å²) in [5.74, 6) is 0.606. The molecule has 0 aliphatic carbocycles. The van der Waals surface area contributed by atoms with E-state index in [0.717, 1.165) is 26.1 Å². The van der Waals surface area contributed by atoms with Crippen LogP contribution in [0.25, 0.3) is 0 Å². The summed E-state index contributed by atoms with van der Waals surface area (Å²) in [6.45, 7) is 5.44. The Morgan fingerprint density at radius 3 is 2.95 bits per heavy atom. The molecule has 0 radical (unpaired) electrons. The molecule has 1 aromatic heterocycles. The third-order valence-electron chi connectivity index (χ3n) is 3.13. The lowest BCUT2D eigenvalue weighted by Gasteiger charge is -2.37. The van der Waals surface area contributed by atoms with E-state index in [2.05, 4.69) is 33.0 Å². The number of hydrazine groups is 1. The van der Waals surface area contributed by atoms with Crippen molar-refractivity contribution in [3.63, 3.8) is 0 Å². The molecule has 0 saturated carbocycles. The zero-order chi connectivity index (χ0) is 13.5. The molecule has 0 atom stereocenters. The van der Waals surface area contributed by atoms with Crippen molar-refractivity contribution in [3.05, 3.63) is 24.4 Å². The molecule has 1 saturated heterocycles. The molecule has 0 unspecified atom stereocenters. The minimum absolute atomic E-state index is 0.0361. The van der Waals surface area contributed by atoms with E-state index < -0.39 is 0 Å². The molecule has 2 heterocycles. The van der Waals surface area contributed by atoms with E-state index in [1.54, 1.807) is 12.3 Å². The van der Waals surface area contributed by atoms with Crippen LogP contribution < -0.4 is 16.2 Å². The summed E-state index contributed by atoms with van der Waals surface area (Å²) in [6, 6.07) is 5.99. The predicted molar refractivity (Wildman–Crippen MR) is 74.5 cm³/mol. The molecule has 104 valence electrons. The van der Waals surface area contributed by atoms with E-state index >= 15 is 0 Å². The number of pyridine rings is 1. The molecule has 0 bridgehead atoms. The Bertz CT molecular complexity index is 393. The highest BCUT2D eigenvalue weighted by molar-refractivity contribution is 5.79. The topological polar surface area (TPSA) is 69.3 Å². The van der Waals surface area contributed by atoms with E-state index in [4.69, 9.17) is 0 Å². The minimum atomic E-state index is -0.0361. The van der Waals surface area contributed by atoms with Gasteiger partial charge >= 0.3 is 0 Å².